The second-order valence-electron chi connectivity index (χ2n) is 7.92. The zero-order chi connectivity index (χ0) is 22.9. The minimum atomic E-state index is -0.404. The van der Waals surface area contributed by atoms with Crippen molar-refractivity contribution in [1.29, 1.82) is 0 Å². The van der Waals surface area contributed by atoms with Crippen molar-refractivity contribution in [3.8, 4) is 16.9 Å². The monoisotopic (exact) mass is 449 g/mol. The van der Waals surface area contributed by atoms with Crippen molar-refractivity contribution in [3.63, 3.8) is 0 Å². The molecular weight excluding hydrogens is 421 g/mol. The maximum absolute atomic E-state index is 14.5. The molecule has 0 saturated carbocycles. The van der Waals surface area contributed by atoms with Crippen molar-refractivity contribution in [2.45, 2.75) is 13.0 Å². The first kappa shape index (κ1) is 22.9. The number of rotatable bonds is 9. The van der Waals surface area contributed by atoms with E-state index >= 15 is 0 Å². The number of hydrogen-bond donors (Lipinski definition) is 1. The van der Waals surface area contributed by atoms with E-state index in [9.17, 15) is 9.18 Å². The van der Waals surface area contributed by atoms with Gasteiger partial charge >= 0.3 is 0 Å². The molecule has 0 radical (unpaired) electrons. The Balaban J connectivity index is 1.27. The second kappa shape index (κ2) is 11.5. The Kier molecular flexibility index (Phi) is 8.00. The number of nitrogens with zero attached hydrogens (tertiary/aromatic N) is 2. The number of benzene rings is 2. The van der Waals surface area contributed by atoms with E-state index in [-0.39, 0.29) is 18.1 Å². The maximum Gasteiger partial charge on any atom is 0.226 e. The molecule has 1 aliphatic heterocycles. The predicted octanol–water partition coefficient (Wildman–Crippen LogP) is 3.46. The van der Waals surface area contributed by atoms with Crippen LogP contribution >= 0.6 is 0 Å². The molecule has 4 rings (SSSR count). The van der Waals surface area contributed by atoms with Crippen LogP contribution in [0.3, 0.4) is 0 Å². The van der Waals surface area contributed by atoms with Gasteiger partial charge in [-0.25, -0.2) is 4.39 Å². The Labute approximate surface area is 193 Å². The third kappa shape index (κ3) is 6.84. The Bertz CT molecular complexity index is 1040. The standard InChI is InChI=1S/C26H28FN3O3/c27-24-16-21(7-9-25(24)33-15-12-30-10-13-32-14-11-30)22-6-8-23(28-19-22)17-26(31)29-18-20-4-2-1-3-5-20/h1-9,16,19H,10-15,17-18H2,(H,29,31). The van der Waals surface area contributed by atoms with Crippen molar-refractivity contribution in [1.82, 2.24) is 15.2 Å². The van der Waals surface area contributed by atoms with Crippen LogP contribution < -0.4 is 10.1 Å². The van der Waals surface area contributed by atoms with E-state index in [4.69, 9.17) is 9.47 Å². The SMILES string of the molecule is O=C(Cc1ccc(-c2ccc(OCCN3CCOCC3)c(F)c2)cn1)NCc1ccccc1. The van der Waals surface area contributed by atoms with Gasteiger partial charge in [-0.1, -0.05) is 42.5 Å². The van der Waals surface area contributed by atoms with E-state index in [0.29, 0.717) is 24.4 Å². The summed E-state index contributed by atoms with van der Waals surface area (Å²) in [6.45, 7) is 4.87. The molecule has 0 aliphatic carbocycles. The predicted molar refractivity (Wildman–Crippen MR) is 124 cm³/mol. The van der Waals surface area contributed by atoms with Crippen molar-refractivity contribution in [3.05, 3.63) is 83.9 Å². The van der Waals surface area contributed by atoms with Crippen molar-refractivity contribution >= 4 is 5.91 Å². The van der Waals surface area contributed by atoms with E-state index in [1.165, 1.54) is 6.07 Å². The molecule has 0 spiro atoms. The van der Waals surface area contributed by atoms with Gasteiger partial charge in [-0.05, 0) is 29.3 Å². The molecule has 0 unspecified atom stereocenters. The Morgan fingerprint density at radius 1 is 1.06 bits per heavy atom. The highest BCUT2D eigenvalue weighted by atomic mass is 19.1. The minimum Gasteiger partial charge on any atom is -0.489 e. The lowest BCUT2D eigenvalue weighted by Gasteiger charge is -2.26. The van der Waals surface area contributed by atoms with Crippen LogP contribution in [0, 0.1) is 5.82 Å². The lowest BCUT2D eigenvalue weighted by Crippen LogP contribution is -2.38. The highest BCUT2D eigenvalue weighted by Gasteiger charge is 2.12. The zero-order valence-electron chi connectivity index (χ0n) is 18.5. The smallest absolute Gasteiger partial charge is 0.226 e. The van der Waals surface area contributed by atoms with Gasteiger partial charge in [-0.2, -0.15) is 0 Å². The van der Waals surface area contributed by atoms with Gasteiger partial charge in [0.25, 0.3) is 0 Å². The molecule has 6 nitrogen and oxygen atoms in total. The summed E-state index contributed by atoms with van der Waals surface area (Å²) in [4.78, 5) is 18.8. The average Bonchev–Trinajstić information content (AvgIpc) is 2.85. The number of morpholine rings is 1. The lowest BCUT2D eigenvalue weighted by molar-refractivity contribution is -0.120. The third-order valence-electron chi connectivity index (χ3n) is 5.53. The molecule has 33 heavy (non-hydrogen) atoms. The molecule has 7 heteroatoms. The fourth-order valence-corrected chi connectivity index (χ4v) is 3.63. The Morgan fingerprint density at radius 3 is 2.58 bits per heavy atom. The normalized spacial score (nSPS) is 14.1. The highest BCUT2D eigenvalue weighted by Crippen LogP contribution is 2.25. The summed E-state index contributed by atoms with van der Waals surface area (Å²) in [5.41, 5.74) is 3.19. The molecule has 1 aromatic heterocycles. The summed E-state index contributed by atoms with van der Waals surface area (Å²) in [6.07, 6.45) is 1.85. The van der Waals surface area contributed by atoms with E-state index in [2.05, 4.69) is 15.2 Å². The molecule has 1 saturated heterocycles. The molecule has 1 amide bonds. The molecular formula is C26H28FN3O3. The molecule has 1 aliphatic rings. The number of aromatic nitrogens is 1. The van der Waals surface area contributed by atoms with Crippen molar-refractivity contribution in [2.24, 2.45) is 0 Å². The number of ether oxygens (including phenoxy) is 2. The van der Waals surface area contributed by atoms with E-state index < -0.39 is 5.82 Å². The van der Waals surface area contributed by atoms with Gasteiger partial charge in [-0.15, -0.1) is 0 Å². The quantitative estimate of drug-likeness (QED) is 0.542. The molecule has 0 atom stereocenters. The summed E-state index contributed by atoms with van der Waals surface area (Å²) >= 11 is 0. The molecule has 1 fully saturated rings. The fourth-order valence-electron chi connectivity index (χ4n) is 3.63. The van der Waals surface area contributed by atoms with Gasteiger partial charge in [0.15, 0.2) is 11.6 Å². The summed E-state index contributed by atoms with van der Waals surface area (Å²) in [6, 6.07) is 18.3. The zero-order valence-corrected chi connectivity index (χ0v) is 18.5. The fraction of sp³-hybridized carbons (Fsp3) is 0.308. The first-order valence-electron chi connectivity index (χ1n) is 11.2. The lowest BCUT2D eigenvalue weighted by atomic mass is 10.1. The summed E-state index contributed by atoms with van der Waals surface area (Å²) in [7, 11) is 0. The molecule has 172 valence electrons. The van der Waals surface area contributed by atoms with Crippen LogP contribution in [-0.4, -0.2) is 55.2 Å². The third-order valence-corrected chi connectivity index (χ3v) is 5.53. The van der Waals surface area contributed by atoms with Gasteiger partial charge in [0.2, 0.25) is 5.91 Å². The summed E-state index contributed by atoms with van der Waals surface area (Å²) < 4.78 is 25.5. The second-order valence-corrected chi connectivity index (χ2v) is 7.92. The first-order valence-corrected chi connectivity index (χ1v) is 11.2. The maximum atomic E-state index is 14.5. The van der Waals surface area contributed by atoms with Gasteiger partial charge in [-0.3, -0.25) is 14.7 Å². The number of amides is 1. The number of carbonyl (C=O) groups is 1. The number of carbonyl (C=O) groups excluding carboxylic acids is 1. The Hall–Kier alpha value is -3.29. The largest absolute Gasteiger partial charge is 0.489 e. The summed E-state index contributed by atoms with van der Waals surface area (Å²) in [5, 5.41) is 2.89. The van der Waals surface area contributed by atoms with Crippen LogP contribution in [-0.2, 0) is 22.5 Å². The minimum absolute atomic E-state index is 0.0938. The van der Waals surface area contributed by atoms with Crippen LogP contribution in [0.25, 0.3) is 11.1 Å². The van der Waals surface area contributed by atoms with Gasteiger partial charge < -0.3 is 14.8 Å². The topological polar surface area (TPSA) is 63.7 Å². The van der Waals surface area contributed by atoms with Crippen LogP contribution in [0.2, 0.25) is 0 Å². The van der Waals surface area contributed by atoms with Crippen LogP contribution in [0.15, 0.2) is 66.9 Å². The molecule has 1 N–H and O–H groups in total. The van der Waals surface area contributed by atoms with Crippen molar-refractivity contribution in [2.75, 3.05) is 39.5 Å². The van der Waals surface area contributed by atoms with E-state index in [0.717, 1.165) is 44.0 Å². The van der Waals surface area contributed by atoms with Gasteiger partial charge in [0.05, 0.1) is 19.6 Å². The van der Waals surface area contributed by atoms with Crippen molar-refractivity contribution < 1.29 is 18.7 Å². The first-order chi connectivity index (χ1) is 16.2. The number of pyridine rings is 1. The van der Waals surface area contributed by atoms with Crippen LogP contribution in [0.5, 0.6) is 5.75 Å². The van der Waals surface area contributed by atoms with Gasteiger partial charge in [0.1, 0.15) is 6.61 Å². The number of hydrogen-bond acceptors (Lipinski definition) is 5. The molecule has 2 aromatic carbocycles. The molecule has 0 bridgehead atoms. The van der Waals surface area contributed by atoms with E-state index in [1.54, 1.807) is 18.3 Å². The van der Waals surface area contributed by atoms with Crippen LogP contribution in [0.4, 0.5) is 4.39 Å². The molecule has 2 heterocycles. The number of halogens is 1. The van der Waals surface area contributed by atoms with Gasteiger partial charge in [0, 0.05) is 43.6 Å². The number of nitrogens with one attached hydrogen (secondary N) is 1. The molecule has 3 aromatic rings. The average molecular weight is 450 g/mol. The van der Waals surface area contributed by atoms with Crippen LogP contribution in [0.1, 0.15) is 11.3 Å². The summed E-state index contributed by atoms with van der Waals surface area (Å²) in [5.74, 6) is -0.255. The highest BCUT2D eigenvalue weighted by molar-refractivity contribution is 5.78. The van der Waals surface area contributed by atoms with E-state index in [1.807, 2.05) is 42.5 Å². The Morgan fingerprint density at radius 2 is 1.85 bits per heavy atom.